The molecular weight excluding hydrogens is 212 g/mol. The van der Waals surface area contributed by atoms with Crippen molar-refractivity contribution >= 4 is 37.5 Å². The number of benzene rings is 1. The van der Waals surface area contributed by atoms with Gasteiger partial charge >= 0.3 is 0 Å². The van der Waals surface area contributed by atoms with Crippen LogP contribution in [0.4, 0.5) is 0 Å². The Hall–Kier alpha value is -0.800. The van der Waals surface area contributed by atoms with Gasteiger partial charge in [-0.25, -0.2) is 0 Å². The smallest absolute Gasteiger partial charge is 0.133 e. The molecule has 70 valence electrons. The van der Waals surface area contributed by atoms with Gasteiger partial charge in [0, 0.05) is 16.0 Å². The second kappa shape index (κ2) is 3.41. The zero-order chi connectivity index (χ0) is 9.38. The van der Waals surface area contributed by atoms with Crippen LogP contribution in [0, 0.1) is 0 Å². The summed E-state index contributed by atoms with van der Waals surface area (Å²) in [4.78, 5) is 1.37. The van der Waals surface area contributed by atoms with Crippen molar-refractivity contribution in [3.05, 3.63) is 42.2 Å². The average Bonchev–Trinajstić information content (AvgIpc) is 2.88. The van der Waals surface area contributed by atoms with Gasteiger partial charge in [0.1, 0.15) is 5.58 Å². The Labute approximate surface area is 90.0 Å². The first-order valence-corrected chi connectivity index (χ1v) is 6.73. The molecule has 1 aromatic carbocycles. The Bertz CT molecular complexity index is 499. The highest BCUT2D eigenvalue weighted by Gasteiger charge is 2.09. The van der Waals surface area contributed by atoms with Gasteiger partial charge in [0.05, 0.1) is 6.26 Å². The Morgan fingerprint density at radius 1 is 1.21 bits per heavy atom. The van der Waals surface area contributed by atoms with E-state index >= 15 is 0 Å². The van der Waals surface area contributed by atoms with Gasteiger partial charge in [0.2, 0.25) is 0 Å². The Morgan fingerprint density at radius 2 is 2.21 bits per heavy atom. The molecule has 0 atom stereocenters. The van der Waals surface area contributed by atoms with Crippen LogP contribution in [-0.4, -0.2) is 5.75 Å². The minimum atomic E-state index is 0.963. The Kier molecular flexibility index (Phi) is 2.07. The Balaban J connectivity index is 2.13. The molecule has 1 aromatic heterocycles. The largest absolute Gasteiger partial charge is 0.464 e. The quantitative estimate of drug-likeness (QED) is 0.670. The lowest BCUT2D eigenvalue weighted by molar-refractivity contribution is 0.616. The van der Waals surface area contributed by atoms with Crippen LogP contribution in [0.15, 0.2) is 41.0 Å². The second-order valence-electron chi connectivity index (χ2n) is 3.11. The van der Waals surface area contributed by atoms with Crippen LogP contribution >= 0.6 is 21.6 Å². The van der Waals surface area contributed by atoms with Crippen molar-refractivity contribution in [1.82, 2.24) is 0 Å². The van der Waals surface area contributed by atoms with Crippen molar-refractivity contribution < 1.29 is 4.42 Å². The van der Waals surface area contributed by atoms with Gasteiger partial charge in [0.25, 0.3) is 0 Å². The fourth-order valence-corrected chi connectivity index (χ4v) is 3.72. The highest BCUT2D eigenvalue weighted by molar-refractivity contribution is 8.80. The summed E-state index contributed by atoms with van der Waals surface area (Å²) in [6, 6.07) is 8.35. The molecule has 2 aromatic rings. The van der Waals surface area contributed by atoms with E-state index in [-0.39, 0.29) is 0 Å². The van der Waals surface area contributed by atoms with Crippen LogP contribution in [0.5, 0.6) is 0 Å². The topological polar surface area (TPSA) is 13.1 Å². The zero-order valence-electron chi connectivity index (χ0n) is 7.40. The second-order valence-corrected chi connectivity index (χ2v) is 5.49. The first-order chi connectivity index (χ1) is 6.93. The van der Waals surface area contributed by atoms with E-state index < -0.39 is 0 Å². The van der Waals surface area contributed by atoms with E-state index in [0.717, 1.165) is 11.3 Å². The van der Waals surface area contributed by atoms with Crippen molar-refractivity contribution in [3.8, 4) is 0 Å². The fourth-order valence-electron chi connectivity index (χ4n) is 1.53. The number of furan rings is 1. The van der Waals surface area contributed by atoms with E-state index in [4.69, 9.17) is 4.42 Å². The minimum Gasteiger partial charge on any atom is -0.464 e. The van der Waals surface area contributed by atoms with Gasteiger partial charge in [-0.1, -0.05) is 33.7 Å². The molecule has 0 N–H and O–H groups in total. The number of fused-ring (bicyclic) bond motifs is 1. The van der Waals surface area contributed by atoms with E-state index in [0.29, 0.717) is 0 Å². The molecule has 0 fully saturated rings. The zero-order valence-corrected chi connectivity index (χ0v) is 9.03. The van der Waals surface area contributed by atoms with Gasteiger partial charge in [-0.2, -0.15) is 0 Å². The van der Waals surface area contributed by atoms with E-state index in [1.54, 1.807) is 6.26 Å². The van der Waals surface area contributed by atoms with Crippen LogP contribution in [0.2, 0.25) is 0 Å². The molecule has 0 radical (unpaired) electrons. The highest BCUT2D eigenvalue weighted by atomic mass is 33.1. The molecule has 0 aliphatic carbocycles. The van der Waals surface area contributed by atoms with Crippen molar-refractivity contribution in [2.75, 3.05) is 5.75 Å². The third-order valence-electron chi connectivity index (χ3n) is 2.22. The first kappa shape index (κ1) is 8.50. The summed E-state index contributed by atoms with van der Waals surface area (Å²) < 4.78 is 5.30. The summed E-state index contributed by atoms with van der Waals surface area (Å²) in [5.74, 6) is 1.11. The standard InChI is InChI=1S/C11H8OS2/c1-2-10-8(3-5-12-10)7-9(1)11-4-6-13-14-11/h1-5,7H,6H2. The van der Waals surface area contributed by atoms with Crippen LogP contribution in [0.3, 0.4) is 0 Å². The molecule has 1 nitrogen and oxygen atoms in total. The summed E-state index contributed by atoms with van der Waals surface area (Å²) >= 11 is 0. The summed E-state index contributed by atoms with van der Waals surface area (Å²) in [6.07, 6.45) is 4.01. The molecule has 0 amide bonds. The summed E-state index contributed by atoms with van der Waals surface area (Å²) in [7, 11) is 3.74. The van der Waals surface area contributed by atoms with Crippen molar-refractivity contribution in [1.29, 1.82) is 0 Å². The summed E-state index contributed by atoms with van der Waals surface area (Å²) in [5, 5.41) is 1.18. The van der Waals surface area contributed by atoms with Gasteiger partial charge in [0.15, 0.2) is 0 Å². The molecule has 14 heavy (non-hydrogen) atoms. The molecule has 2 heterocycles. The van der Waals surface area contributed by atoms with E-state index in [1.165, 1.54) is 15.9 Å². The lowest BCUT2D eigenvalue weighted by Gasteiger charge is -1.99. The van der Waals surface area contributed by atoms with Crippen LogP contribution in [-0.2, 0) is 0 Å². The SMILES string of the molecule is C1=C(c2ccc3occc3c2)SSC1. The molecule has 0 unspecified atom stereocenters. The first-order valence-electron chi connectivity index (χ1n) is 4.41. The molecule has 3 heteroatoms. The highest BCUT2D eigenvalue weighted by Crippen LogP contribution is 2.43. The van der Waals surface area contributed by atoms with E-state index in [2.05, 4.69) is 18.2 Å². The lowest BCUT2D eigenvalue weighted by Crippen LogP contribution is -1.75. The number of hydrogen-bond acceptors (Lipinski definition) is 3. The monoisotopic (exact) mass is 220 g/mol. The minimum absolute atomic E-state index is 0.963. The third-order valence-corrected chi connectivity index (χ3v) is 4.53. The van der Waals surface area contributed by atoms with Crippen molar-refractivity contribution in [3.63, 3.8) is 0 Å². The van der Waals surface area contributed by atoms with Crippen molar-refractivity contribution in [2.45, 2.75) is 0 Å². The predicted octanol–water partition coefficient (Wildman–Crippen LogP) is 4.17. The normalized spacial score (nSPS) is 16.1. The molecule has 0 spiro atoms. The molecule has 1 aliphatic heterocycles. The molecule has 0 saturated carbocycles. The van der Waals surface area contributed by atoms with E-state index in [1.807, 2.05) is 33.7 Å². The molecule has 0 saturated heterocycles. The maximum absolute atomic E-state index is 5.30. The molecular formula is C11H8OS2. The molecule has 3 rings (SSSR count). The van der Waals surface area contributed by atoms with Crippen LogP contribution in [0.1, 0.15) is 5.56 Å². The van der Waals surface area contributed by atoms with Crippen LogP contribution in [0.25, 0.3) is 15.9 Å². The molecule has 0 bridgehead atoms. The summed E-state index contributed by atoms with van der Waals surface area (Å²) in [5.41, 5.74) is 2.26. The van der Waals surface area contributed by atoms with Gasteiger partial charge < -0.3 is 4.42 Å². The molecule has 1 aliphatic rings. The third kappa shape index (κ3) is 1.37. The predicted molar refractivity (Wildman–Crippen MR) is 64.2 cm³/mol. The van der Waals surface area contributed by atoms with Gasteiger partial charge in [-0.05, 0) is 23.8 Å². The summed E-state index contributed by atoms with van der Waals surface area (Å²) in [6.45, 7) is 0. The maximum Gasteiger partial charge on any atom is 0.133 e. The number of rotatable bonds is 1. The fraction of sp³-hybridized carbons (Fsp3) is 0.0909. The maximum atomic E-state index is 5.30. The van der Waals surface area contributed by atoms with Crippen LogP contribution < -0.4 is 0 Å². The lowest BCUT2D eigenvalue weighted by atomic mass is 10.1. The van der Waals surface area contributed by atoms with Crippen molar-refractivity contribution in [2.24, 2.45) is 0 Å². The van der Waals surface area contributed by atoms with Gasteiger partial charge in [-0.15, -0.1) is 0 Å². The van der Waals surface area contributed by atoms with E-state index in [9.17, 15) is 0 Å². The number of hydrogen-bond donors (Lipinski definition) is 0. The van der Waals surface area contributed by atoms with Gasteiger partial charge in [-0.3, -0.25) is 0 Å². The Morgan fingerprint density at radius 3 is 3.07 bits per heavy atom. The average molecular weight is 220 g/mol.